The van der Waals surface area contributed by atoms with E-state index in [2.05, 4.69) is 14.5 Å². The van der Waals surface area contributed by atoms with Crippen molar-refractivity contribution in [3.63, 3.8) is 0 Å². The minimum absolute atomic E-state index is 0.322. The monoisotopic (exact) mass is 406 g/mol. The molecule has 0 bridgehead atoms. The molecule has 7 heteroatoms. The minimum Gasteiger partial charge on any atom is -0.489 e. The summed E-state index contributed by atoms with van der Waals surface area (Å²) >= 11 is 0. The Morgan fingerprint density at radius 1 is 1.20 bits per heavy atom. The van der Waals surface area contributed by atoms with Gasteiger partial charge in [-0.05, 0) is 25.5 Å². The average Bonchev–Trinajstić information content (AvgIpc) is 3.12. The van der Waals surface area contributed by atoms with Gasteiger partial charge in [0.25, 0.3) is 0 Å². The van der Waals surface area contributed by atoms with Gasteiger partial charge in [-0.25, -0.2) is 14.4 Å². The maximum absolute atomic E-state index is 15.4. The molecule has 5 rings (SSSR count). The van der Waals surface area contributed by atoms with E-state index in [1.54, 1.807) is 19.9 Å². The third-order valence-corrected chi connectivity index (χ3v) is 5.44. The van der Waals surface area contributed by atoms with Crippen LogP contribution >= 0.6 is 0 Å². The SMILES string of the molecule is CC(C)(F)c1cc(OCc2ccccc2)cc2nc(N)c3nc4n(c3c12)CCOC4. The summed E-state index contributed by atoms with van der Waals surface area (Å²) in [7, 11) is 0. The highest BCUT2D eigenvalue weighted by Crippen LogP contribution is 2.40. The first-order valence-electron chi connectivity index (χ1n) is 9.98. The second-order valence-electron chi connectivity index (χ2n) is 8.04. The standard InChI is InChI=1S/C23H23FN4O2/c1-23(2,24)16-10-15(30-12-14-6-4-3-5-7-14)11-17-19(16)21-20(22(25)26-17)27-18-13-29-9-8-28(18)21/h3-7,10-11H,8-9,12-13H2,1-2H3,(H2,25,26). The number of benzene rings is 2. The molecule has 0 aliphatic carbocycles. The number of halogens is 1. The Kier molecular flexibility index (Phi) is 4.36. The number of pyridine rings is 1. The molecule has 4 aromatic rings. The van der Waals surface area contributed by atoms with Crippen LogP contribution in [0.3, 0.4) is 0 Å². The summed E-state index contributed by atoms with van der Waals surface area (Å²) in [4.78, 5) is 9.17. The molecule has 3 heterocycles. The molecule has 2 aromatic carbocycles. The minimum atomic E-state index is -1.61. The van der Waals surface area contributed by atoms with E-state index < -0.39 is 5.67 Å². The van der Waals surface area contributed by atoms with Crippen molar-refractivity contribution < 1.29 is 13.9 Å². The molecule has 0 unspecified atom stereocenters. The van der Waals surface area contributed by atoms with Gasteiger partial charge in [-0.15, -0.1) is 0 Å². The zero-order chi connectivity index (χ0) is 20.9. The number of nitrogens with two attached hydrogens (primary N) is 1. The molecule has 0 saturated heterocycles. The van der Waals surface area contributed by atoms with Crippen LogP contribution in [-0.4, -0.2) is 21.1 Å². The predicted octanol–water partition coefficient (Wildman–Crippen LogP) is 4.48. The molecule has 2 aromatic heterocycles. The molecule has 1 aliphatic heterocycles. The van der Waals surface area contributed by atoms with E-state index in [9.17, 15) is 0 Å². The number of hydrogen-bond donors (Lipinski definition) is 1. The van der Waals surface area contributed by atoms with E-state index >= 15 is 4.39 Å². The third kappa shape index (κ3) is 3.15. The molecule has 0 atom stereocenters. The van der Waals surface area contributed by atoms with Crippen LogP contribution in [0.2, 0.25) is 0 Å². The number of fused-ring (bicyclic) bond motifs is 5. The van der Waals surface area contributed by atoms with Gasteiger partial charge in [-0.1, -0.05) is 30.3 Å². The number of imidazole rings is 1. The fourth-order valence-corrected chi connectivity index (χ4v) is 4.02. The lowest BCUT2D eigenvalue weighted by Crippen LogP contribution is -2.17. The first kappa shape index (κ1) is 18.8. The Bertz CT molecular complexity index is 1250. The van der Waals surface area contributed by atoms with Crippen molar-refractivity contribution in [1.29, 1.82) is 0 Å². The first-order valence-corrected chi connectivity index (χ1v) is 9.98. The highest BCUT2D eigenvalue weighted by molar-refractivity contribution is 6.09. The van der Waals surface area contributed by atoms with Gasteiger partial charge in [0.1, 0.15) is 36.0 Å². The van der Waals surface area contributed by atoms with Crippen molar-refractivity contribution in [3.8, 4) is 5.75 Å². The molecule has 1 aliphatic rings. The summed E-state index contributed by atoms with van der Waals surface area (Å²) in [6.45, 7) is 5.10. The fraction of sp³-hybridized carbons (Fsp3) is 0.304. The Morgan fingerprint density at radius 3 is 2.77 bits per heavy atom. The van der Waals surface area contributed by atoms with E-state index in [1.165, 1.54) is 0 Å². The van der Waals surface area contributed by atoms with Gasteiger partial charge in [0, 0.05) is 23.6 Å². The summed E-state index contributed by atoms with van der Waals surface area (Å²) < 4.78 is 29.0. The number of rotatable bonds is 4. The van der Waals surface area contributed by atoms with Crippen LogP contribution in [-0.2, 0) is 30.2 Å². The summed E-state index contributed by atoms with van der Waals surface area (Å²) in [5.74, 6) is 1.66. The number of aromatic nitrogens is 3. The molecule has 0 saturated carbocycles. The Labute approximate surface area is 173 Å². The van der Waals surface area contributed by atoms with Gasteiger partial charge in [0.2, 0.25) is 0 Å². The number of nitrogen functional groups attached to an aromatic ring is 1. The Hall–Kier alpha value is -3.19. The van der Waals surface area contributed by atoms with Gasteiger partial charge in [-0.2, -0.15) is 0 Å². The average molecular weight is 406 g/mol. The lowest BCUT2D eigenvalue weighted by Gasteiger charge is -2.21. The van der Waals surface area contributed by atoms with Gasteiger partial charge < -0.3 is 19.8 Å². The maximum Gasteiger partial charge on any atom is 0.152 e. The van der Waals surface area contributed by atoms with Gasteiger partial charge in [0.05, 0.1) is 17.6 Å². The first-order chi connectivity index (χ1) is 14.4. The molecule has 2 N–H and O–H groups in total. The lowest BCUT2D eigenvalue weighted by molar-refractivity contribution is 0.0831. The van der Waals surface area contributed by atoms with Crippen LogP contribution in [0.5, 0.6) is 5.75 Å². The van der Waals surface area contributed by atoms with Crippen LogP contribution in [0.1, 0.15) is 30.8 Å². The van der Waals surface area contributed by atoms with Gasteiger partial charge in [-0.3, -0.25) is 0 Å². The Balaban J connectivity index is 1.72. The third-order valence-electron chi connectivity index (χ3n) is 5.44. The predicted molar refractivity (Wildman–Crippen MR) is 114 cm³/mol. The molecule has 154 valence electrons. The van der Waals surface area contributed by atoms with Crippen LogP contribution in [0, 0.1) is 0 Å². The number of nitrogens with zero attached hydrogens (tertiary/aromatic N) is 3. The van der Waals surface area contributed by atoms with E-state index in [1.807, 2.05) is 36.4 Å². The fourth-order valence-electron chi connectivity index (χ4n) is 4.02. The van der Waals surface area contributed by atoms with E-state index in [0.717, 1.165) is 22.3 Å². The molecule has 6 nitrogen and oxygen atoms in total. The van der Waals surface area contributed by atoms with Gasteiger partial charge in [0.15, 0.2) is 5.82 Å². The summed E-state index contributed by atoms with van der Waals surface area (Å²) in [6, 6.07) is 13.4. The summed E-state index contributed by atoms with van der Waals surface area (Å²) in [6.07, 6.45) is 0. The van der Waals surface area contributed by atoms with E-state index in [-0.39, 0.29) is 0 Å². The van der Waals surface area contributed by atoms with Crippen molar-refractivity contribution in [3.05, 3.63) is 59.4 Å². The lowest BCUT2D eigenvalue weighted by atomic mass is 9.94. The zero-order valence-electron chi connectivity index (χ0n) is 17.0. The number of alkyl halides is 1. The maximum atomic E-state index is 15.4. The van der Waals surface area contributed by atoms with Crippen molar-refractivity contribution >= 4 is 27.8 Å². The van der Waals surface area contributed by atoms with Crippen molar-refractivity contribution in [2.45, 2.75) is 39.3 Å². The number of hydrogen-bond acceptors (Lipinski definition) is 5. The summed E-state index contributed by atoms with van der Waals surface area (Å²) in [5.41, 5.74) is 8.18. The van der Waals surface area contributed by atoms with Crippen molar-refractivity contribution in [1.82, 2.24) is 14.5 Å². The second kappa shape index (κ2) is 6.95. The van der Waals surface area contributed by atoms with Crippen molar-refractivity contribution in [2.24, 2.45) is 0 Å². The molecular formula is C23H23FN4O2. The quantitative estimate of drug-likeness (QED) is 0.541. The molecule has 0 spiro atoms. The summed E-state index contributed by atoms with van der Waals surface area (Å²) in [5, 5.41) is 0.722. The smallest absolute Gasteiger partial charge is 0.152 e. The number of anilines is 1. The normalized spacial score (nSPS) is 14.2. The van der Waals surface area contributed by atoms with Crippen molar-refractivity contribution in [2.75, 3.05) is 12.3 Å². The van der Waals surface area contributed by atoms with Crippen LogP contribution < -0.4 is 10.5 Å². The molecule has 0 amide bonds. The highest BCUT2D eigenvalue weighted by Gasteiger charge is 2.28. The Morgan fingerprint density at radius 2 is 2.00 bits per heavy atom. The van der Waals surface area contributed by atoms with E-state index in [4.69, 9.17) is 15.2 Å². The largest absolute Gasteiger partial charge is 0.489 e. The highest BCUT2D eigenvalue weighted by atomic mass is 19.1. The topological polar surface area (TPSA) is 75.2 Å². The molecule has 0 fully saturated rings. The van der Waals surface area contributed by atoms with Crippen LogP contribution in [0.15, 0.2) is 42.5 Å². The molecule has 0 radical (unpaired) electrons. The number of ether oxygens (including phenoxy) is 2. The van der Waals surface area contributed by atoms with E-state index in [0.29, 0.717) is 54.5 Å². The van der Waals surface area contributed by atoms with Crippen LogP contribution in [0.4, 0.5) is 10.2 Å². The van der Waals surface area contributed by atoms with Gasteiger partial charge >= 0.3 is 0 Å². The molecular weight excluding hydrogens is 383 g/mol. The van der Waals surface area contributed by atoms with Crippen LogP contribution in [0.25, 0.3) is 21.9 Å². The second-order valence-corrected chi connectivity index (χ2v) is 8.04. The molecule has 30 heavy (non-hydrogen) atoms. The zero-order valence-corrected chi connectivity index (χ0v) is 17.0.